The molecule has 0 saturated carbocycles. The monoisotopic (exact) mass is 330 g/mol. The van der Waals surface area contributed by atoms with Crippen LogP contribution in [0.25, 0.3) is 21.9 Å². The second-order valence-electron chi connectivity index (χ2n) is 5.67. The van der Waals surface area contributed by atoms with Crippen molar-refractivity contribution < 1.29 is 17.9 Å². The summed E-state index contributed by atoms with van der Waals surface area (Å²) in [5.41, 5.74) is 2.27. The van der Waals surface area contributed by atoms with Crippen LogP contribution in [0.15, 0.2) is 54.6 Å². The van der Waals surface area contributed by atoms with E-state index in [9.17, 15) is 13.2 Å². The predicted molar refractivity (Wildman–Crippen MR) is 90.0 cm³/mol. The molecular formula is C20H17F3O. The molecule has 1 nitrogen and oxygen atoms in total. The van der Waals surface area contributed by atoms with Gasteiger partial charge in [0.15, 0.2) is 0 Å². The summed E-state index contributed by atoms with van der Waals surface area (Å²) < 4.78 is 43.3. The number of alkyl halides is 2. The first-order chi connectivity index (χ1) is 11.6. The number of aryl methyl sites for hydroxylation is 1. The summed E-state index contributed by atoms with van der Waals surface area (Å²) in [6.45, 7) is -0.793. The number of hydrogen-bond acceptors (Lipinski definition) is 1. The van der Waals surface area contributed by atoms with Gasteiger partial charge in [-0.05, 0) is 52.6 Å². The van der Waals surface area contributed by atoms with Crippen molar-refractivity contribution in [3.8, 4) is 16.9 Å². The van der Waals surface area contributed by atoms with E-state index in [4.69, 9.17) is 0 Å². The third-order valence-electron chi connectivity index (χ3n) is 3.92. The molecule has 0 aromatic heterocycles. The van der Waals surface area contributed by atoms with E-state index in [0.29, 0.717) is 5.56 Å². The van der Waals surface area contributed by atoms with Gasteiger partial charge in [-0.3, -0.25) is 0 Å². The van der Waals surface area contributed by atoms with Gasteiger partial charge in [0.25, 0.3) is 0 Å². The lowest BCUT2D eigenvalue weighted by atomic mass is 9.98. The maximum absolute atomic E-state index is 14.4. The first-order valence-corrected chi connectivity index (χ1v) is 7.84. The van der Waals surface area contributed by atoms with Gasteiger partial charge < -0.3 is 4.74 Å². The van der Waals surface area contributed by atoms with E-state index < -0.39 is 6.61 Å². The highest BCUT2D eigenvalue weighted by molar-refractivity contribution is 5.88. The van der Waals surface area contributed by atoms with E-state index >= 15 is 0 Å². The molecule has 0 fully saturated rings. The van der Waals surface area contributed by atoms with Crippen molar-refractivity contribution in [2.75, 3.05) is 0 Å². The SMILES string of the molecule is CCCc1ccc(-c2ccc3cc(OC(F)F)ccc3c2)c(F)c1. The van der Waals surface area contributed by atoms with Crippen LogP contribution in [0.1, 0.15) is 18.9 Å². The Morgan fingerprint density at radius 3 is 2.38 bits per heavy atom. The number of halogens is 3. The highest BCUT2D eigenvalue weighted by Gasteiger charge is 2.09. The van der Waals surface area contributed by atoms with E-state index in [1.165, 1.54) is 6.07 Å². The van der Waals surface area contributed by atoms with Gasteiger partial charge >= 0.3 is 6.61 Å². The minimum Gasteiger partial charge on any atom is -0.435 e. The molecule has 0 radical (unpaired) electrons. The number of hydrogen-bond donors (Lipinski definition) is 0. The summed E-state index contributed by atoms with van der Waals surface area (Å²) in [5.74, 6) is -0.140. The van der Waals surface area contributed by atoms with Crippen LogP contribution in [0.2, 0.25) is 0 Å². The molecule has 0 heterocycles. The van der Waals surface area contributed by atoms with Crippen molar-refractivity contribution in [2.45, 2.75) is 26.4 Å². The fourth-order valence-corrected chi connectivity index (χ4v) is 2.80. The van der Waals surface area contributed by atoms with E-state index in [-0.39, 0.29) is 11.6 Å². The molecule has 24 heavy (non-hydrogen) atoms. The van der Waals surface area contributed by atoms with Gasteiger partial charge in [0, 0.05) is 5.56 Å². The molecule has 0 bridgehead atoms. The van der Waals surface area contributed by atoms with Crippen LogP contribution in [0, 0.1) is 5.82 Å². The van der Waals surface area contributed by atoms with Crippen molar-refractivity contribution in [3.63, 3.8) is 0 Å². The van der Waals surface area contributed by atoms with Crippen molar-refractivity contribution >= 4 is 10.8 Å². The molecule has 0 aliphatic carbocycles. The van der Waals surface area contributed by atoms with Crippen LogP contribution in [0.5, 0.6) is 5.75 Å². The smallest absolute Gasteiger partial charge is 0.387 e. The first-order valence-electron chi connectivity index (χ1n) is 7.84. The van der Waals surface area contributed by atoms with Gasteiger partial charge in [0.2, 0.25) is 0 Å². The zero-order valence-corrected chi connectivity index (χ0v) is 13.2. The van der Waals surface area contributed by atoms with Crippen molar-refractivity contribution in [1.29, 1.82) is 0 Å². The Balaban J connectivity index is 1.96. The molecule has 0 aliphatic heterocycles. The lowest BCUT2D eigenvalue weighted by molar-refractivity contribution is -0.0497. The molecule has 0 atom stereocenters. The molecule has 4 heteroatoms. The molecule has 0 amide bonds. The van der Waals surface area contributed by atoms with Gasteiger partial charge in [-0.15, -0.1) is 0 Å². The minimum atomic E-state index is -2.85. The third kappa shape index (κ3) is 3.53. The molecule has 0 unspecified atom stereocenters. The van der Waals surface area contributed by atoms with Gasteiger partial charge in [0.05, 0.1) is 0 Å². The second kappa shape index (κ2) is 6.95. The van der Waals surface area contributed by atoms with Gasteiger partial charge in [0.1, 0.15) is 11.6 Å². The summed E-state index contributed by atoms with van der Waals surface area (Å²) in [4.78, 5) is 0. The second-order valence-corrected chi connectivity index (χ2v) is 5.67. The number of rotatable bonds is 5. The number of benzene rings is 3. The average molecular weight is 330 g/mol. The molecule has 124 valence electrons. The van der Waals surface area contributed by atoms with Gasteiger partial charge in [-0.1, -0.05) is 43.7 Å². The fraction of sp³-hybridized carbons (Fsp3) is 0.200. The van der Waals surface area contributed by atoms with Crippen LogP contribution in [-0.2, 0) is 6.42 Å². The summed E-state index contributed by atoms with van der Waals surface area (Å²) in [6, 6.07) is 15.4. The summed E-state index contributed by atoms with van der Waals surface area (Å²) in [5, 5.41) is 1.60. The maximum atomic E-state index is 14.4. The Kier molecular flexibility index (Phi) is 4.74. The summed E-state index contributed by atoms with van der Waals surface area (Å²) in [6.07, 6.45) is 1.82. The summed E-state index contributed by atoms with van der Waals surface area (Å²) in [7, 11) is 0. The average Bonchev–Trinajstić information content (AvgIpc) is 2.54. The van der Waals surface area contributed by atoms with E-state index in [1.54, 1.807) is 36.4 Å². The lowest BCUT2D eigenvalue weighted by Crippen LogP contribution is -2.01. The molecule has 3 rings (SSSR count). The molecule has 0 saturated heterocycles. The molecule has 0 aliphatic rings. The van der Waals surface area contributed by atoms with Crippen LogP contribution in [0.3, 0.4) is 0 Å². The Morgan fingerprint density at radius 1 is 0.917 bits per heavy atom. The van der Waals surface area contributed by atoms with Crippen LogP contribution >= 0.6 is 0 Å². The van der Waals surface area contributed by atoms with Gasteiger partial charge in [-0.25, -0.2) is 4.39 Å². The zero-order valence-electron chi connectivity index (χ0n) is 13.2. The number of fused-ring (bicyclic) bond motifs is 1. The zero-order chi connectivity index (χ0) is 17.1. The quantitative estimate of drug-likeness (QED) is 0.541. The van der Waals surface area contributed by atoms with E-state index in [1.807, 2.05) is 12.1 Å². The third-order valence-corrected chi connectivity index (χ3v) is 3.92. The largest absolute Gasteiger partial charge is 0.435 e. The van der Waals surface area contributed by atoms with Crippen molar-refractivity contribution in [1.82, 2.24) is 0 Å². The van der Waals surface area contributed by atoms with Gasteiger partial charge in [-0.2, -0.15) is 8.78 Å². The van der Waals surface area contributed by atoms with Crippen LogP contribution in [-0.4, -0.2) is 6.61 Å². The van der Waals surface area contributed by atoms with E-state index in [0.717, 1.165) is 34.7 Å². The molecule has 3 aromatic rings. The highest BCUT2D eigenvalue weighted by atomic mass is 19.3. The Bertz CT molecular complexity index is 859. The first kappa shape index (κ1) is 16.4. The Hall–Kier alpha value is -2.49. The minimum absolute atomic E-state index is 0.111. The normalized spacial score (nSPS) is 11.2. The van der Waals surface area contributed by atoms with E-state index in [2.05, 4.69) is 11.7 Å². The molecule has 0 N–H and O–H groups in total. The lowest BCUT2D eigenvalue weighted by Gasteiger charge is -2.09. The fourth-order valence-electron chi connectivity index (χ4n) is 2.80. The topological polar surface area (TPSA) is 9.23 Å². The van der Waals surface area contributed by atoms with Crippen LogP contribution < -0.4 is 4.74 Å². The standard InChI is InChI=1S/C20H17F3O/c1-2-3-13-4-9-18(19(21)10-13)16-6-5-15-12-17(24-20(22)23)8-7-14(15)11-16/h4-12,20H,2-3H2,1H3. The Labute approximate surface area is 138 Å². The maximum Gasteiger partial charge on any atom is 0.387 e. The Morgan fingerprint density at radius 2 is 1.67 bits per heavy atom. The highest BCUT2D eigenvalue weighted by Crippen LogP contribution is 2.29. The van der Waals surface area contributed by atoms with Crippen molar-refractivity contribution in [3.05, 3.63) is 66.0 Å². The number of ether oxygens (including phenoxy) is 1. The molecular weight excluding hydrogens is 313 g/mol. The molecule has 3 aromatic carbocycles. The predicted octanol–water partition coefficient (Wildman–Crippen LogP) is 6.20. The molecule has 0 spiro atoms. The summed E-state index contributed by atoms with van der Waals surface area (Å²) >= 11 is 0. The van der Waals surface area contributed by atoms with Crippen LogP contribution in [0.4, 0.5) is 13.2 Å². The van der Waals surface area contributed by atoms with Crippen molar-refractivity contribution in [2.24, 2.45) is 0 Å².